The monoisotopic (exact) mass is 322 g/mol. The predicted octanol–water partition coefficient (Wildman–Crippen LogP) is 1.44. The zero-order valence-corrected chi connectivity index (χ0v) is 14.8. The SMILES string of the molecule is CN=C(NCCc1ccco1)N1CC(C)N(CCOC)C(C)C1. The number of aliphatic imine (C=N–C) groups is 1. The van der Waals surface area contributed by atoms with E-state index in [-0.39, 0.29) is 0 Å². The number of piperazine rings is 1. The molecule has 0 amide bonds. The van der Waals surface area contributed by atoms with Crippen LogP contribution in [0, 0.1) is 0 Å². The van der Waals surface area contributed by atoms with Crippen molar-refractivity contribution in [3.63, 3.8) is 0 Å². The lowest BCUT2D eigenvalue weighted by Crippen LogP contribution is -2.60. The highest BCUT2D eigenvalue weighted by Crippen LogP contribution is 2.15. The number of nitrogens with zero attached hydrogens (tertiary/aromatic N) is 3. The summed E-state index contributed by atoms with van der Waals surface area (Å²) in [6.07, 6.45) is 2.58. The van der Waals surface area contributed by atoms with Gasteiger partial charge >= 0.3 is 0 Å². The molecule has 130 valence electrons. The van der Waals surface area contributed by atoms with Crippen molar-refractivity contribution in [2.24, 2.45) is 4.99 Å². The molecule has 2 heterocycles. The third-order valence-electron chi connectivity index (χ3n) is 4.40. The number of ether oxygens (including phenoxy) is 1. The first-order chi connectivity index (χ1) is 11.2. The fourth-order valence-corrected chi connectivity index (χ4v) is 3.25. The fourth-order valence-electron chi connectivity index (χ4n) is 3.25. The average molecular weight is 322 g/mol. The van der Waals surface area contributed by atoms with Crippen LogP contribution in [0.5, 0.6) is 0 Å². The molecule has 2 atom stereocenters. The van der Waals surface area contributed by atoms with Gasteiger partial charge in [-0.25, -0.2) is 0 Å². The van der Waals surface area contributed by atoms with Gasteiger partial charge in [-0.05, 0) is 26.0 Å². The van der Waals surface area contributed by atoms with Crippen LogP contribution < -0.4 is 5.32 Å². The van der Waals surface area contributed by atoms with Crippen molar-refractivity contribution >= 4 is 5.96 Å². The van der Waals surface area contributed by atoms with Crippen LogP contribution in [0.4, 0.5) is 0 Å². The molecule has 0 saturated carbocycles. The van der Waals surface area contributed by atoms with Crippen LogP contribution in [-0.2, 0) is 11.2 Å². The van der Waals surface area contributed by atoms with Crippen molar-refractivity contribution in [1.29, 1.82) is 0 Å². The Morgan fingerprint density at radius 1 is 1.39 bits per heavy atom. The summed E-state index contributed by atoms with van der Waals surface area (Å²) >= 11 is 0. The summed E-state index contributed by atoms with van der Waals surface area (Å²) < 4.78 is 10.6. The second-order valence-corrected chi connectivity index (χ2v) is 6.14. The highest BCUT2D eigenvalue weighted by molar-refractivity contribution is 5.80. The lowest BCUT2D eigenvalue weighted by molar-refractivity contribution is 0.0444. The zero-order chi connectivity index (χ0) is 16.7. The number of rotatable bonds is 6. The summed E-state index contributed by atoms with van der Waals surface area (Å²) in [4.78, 5) is 9.30. The molecule has 1 N–H and O–H groups in total. The molecule has 0 radical (unpaired) electrons. The molecule has 0 aromatic carbocycles. The Balaban J connectivity index is 1.84. The highest BCUT2D eigenvalue weighted by atomic mass is 16.5. The van der Waals surface area contributed by atoms with Crippen LogP contribution in [0.3, 0.4) is 0 Å². The average Bonchev–Trinajstić information content (AvgIpc) is 3.04. The molecule has 1 aromatic heterocycles. The normalized spacial score (nSPS) is 23.3. The number of nitrogens with one attached hydrogen (secondary N) is 1. The van der Waals surface area contributed by atoms with Crippen molar-refractivity contribution in [3.05, 3.63) is 24.2 Å². The Labute approximate surface area is 139 Å². The molecular weight excluding hydrogens is 292 g/mol. The van der Waals surface area contributed by atoms with Crippen molar-refractivity contribution in [1.82, 2.24) is 15.1 Å². The number of guanidine groups is 1. The maximum atomic E-state index is 5.37. The molecule has 0 spiro atoms. The first kappa shape index (κ1) is 17.8. The number of hydrogen-bond donors (Lipinski definition) is 1. The molecule has 1 aromatic rings. The van der Waals surface area contributed by atoms with E-state index < -0.39 is 0 Å². The van der Waals surface area contributed by atoms with Crippen LogP contribution in [0.25, 0.3) is 0 Å². The van der Waals surface area contributed by atoms with E-state index in [1.807, 2.05) is 19.2 Å². The molecule has 6 heteroatoms. The Kier molecular flexibility index (Phi) is 6.92. The summed E-state index contributed by atoms with van der Waals surface area (Å²) in [7, 11) is 3.61. The first-order valence-corrected chi connectivity index (χ1v) is 8.38. The smallest absolute Gasteiger partial charge is 0.193 e. The van der Waals surface area contributed by atoms with Gasteiger partial charge in [0.1, 0.15) is 5.76 Å². The van der Waals surface area contributed by atoms with E-state index >= 15 is 0 Å². The Morgan fingerprint density at radius 3 is 2.70 bits per heavy atom. The molecule has 6 nitrogen and oxygen atoms in total. The van der Waals surface area contributed by atoms with Crippen LogP contribution in [0.15, 0.2) is 27.8 Å². The van der Waals surface area contributed by atoms with Gasteiger partial charge in [0.2, 0.25) is 0 Å². The summed E-state index contributed by atoms with van der Waals surface area (Å²) in [5.74, 6) is 1.97. The van der Waals surface area contributed by atoms with Crippen molar-refractivity contribution in [2.45, 2.75) is 32.4 Å². The van der Waals surface area contributed by atoms with E-state index in [4.69, 9.17) is 9.15 Å². The minimum absolute atomic E-state index is 0.484. The van der Waals surface area contributed by atoms with Gasteiger partial charge in [-0.3, -0.25) is 9.89 Å². The molecule has 1 fully saturated rings. The maximum Gasteiger partial charge on any atom is 0.193 e. The van der Waals surface area contributed by atoms with E-state index in [9.17, 15) is 0 Å². The number of methoxy groups -OCH3 is 1. The fraction of sp³-hybridized carbons (Fsp3) is 0.706. The molecule has 1 aliphatic heterocycles. The first-order valence-electron chi connectivity index (χ1n) is 8.38. The summed E-state index contributed by atoms with van der Waals surface area (Å²) in [6, 6.07) is 4.89. The van der Waals surface area contributed by atoms with Crippen molar-refractivity contribution < 1.29 is 9.15 Å². The molecule has 1 saturated heterocycles. The predicted molar refractivity (Wildman–Crippen MR) is 92.9 cm³/mol. The molecular formula is C17H30N4O2. The summed E-state index contributed by atoms with van der Waals surface area (Å²) in [5, 5.41) is 3.45. The Morgan fingerprint density at radius 2 is 2.13 bits per heavy atom. The van der Waals surface area contributed by atoms with Crippen molar-refractivity contribution in [2.75, 3.05) is 46.9 Å². The van der Waals surface area contributed by atoms with Crippen LogP contribution in [0.2, 0.25) is 0 Å². The minimum atomic E-state index is 0.484. The molecule has 0 aliphatic carbocycles. The van der Waals surface area contributed by atoms with Gasteiger partial charge in [0.25, 0.3) is 0 Å². The van der Waals surface area contributed by atoms with Crippen molar-refractivity contribution in [3.8, 4) is 0 Å². The van der Waals surface area contributed by atoms with Crippen LogP contribution in [0.1, 0.15) is 19.6 Å². The van der Waals surface area contributed by atoms with Gasteiger partial charge < -0.3 is 19.4 Å². The van der Waals surface area contributed by atoms with E-state index in [1.165, 1.54) is 0 Å². The Bertz CT molecular complexity index is 463. The van der Waals surface area contributed by atoms with E-state index in [0.29, 0.717) is 12.1 Å². The summed E-state index contributed by atoms with van der Waals surface area (Å²) in [6.45, 7) is 9.10. The minimum Gasteiger partial charge on any atom is -0.469 e. The Hall–Kier alpha value is -1.53. The van der Waals surface area contributed by atoms with Crippen LogP contribution in [-0.4, -0.2) is 74.8 Å². The third kappa shape index (κ3) is 4.97. The van der Waals surface area contributed by atoms with Gasteiger partial charge in [-0.1, -0.05) is 0 Å². The van der Waals surface area contributed by atoms with E-state index in [0.717, 1.165) is 50.9 Å². The van der Waals surface area contributed by atoms with Gasteiger partial charge in [0.15, 0.2) is 5.96 Å². The highest BCUT2D eigenvalue weighted by Gasteiger charge is 2.30. The maximum absolute atomic E-state index is 5.37. The van der Waals surface area contributed by atoms with Gasteiger partial charge in [-0.15, -0.1) is 0 Å². The second-order valence-electron chi connectivity index (χ2n) is 6.14. The third-order valence-corrected chi connectivity index (χ3v) is 4.40. The van der Waals surface area contributed by atoms with Gasteiger partial charge in [-0.2, -0.15) is 0 Å². The molecule has 2 unspecified atom stereocenters. The lowest BCUT2D eigenvalue weighted by atomic mass is 10.1. The lowest BCUT2D eigenvalue weighted by Gasteiger charge is -2.45. The van der Waals surface area contributed by atoms with Crippen LogP contribution >= 0.6 is 0 Å². The zero-order valence-electron chi connectivity index (χ0n) is 14.8. The molecule has 0 bridgehead atoms. The number of hydrogen-bond acceptors (Lipinski definition) is 4. The van der Waals surface area contributed by atoms with E-state index in [2.05, 4.69) is 34.0 Å². The van der Waals surface area contributed by atoms with Gasteiger partial charge in [0.05, 0.1) is 12.9 Å². The molecule has 1 aliphatic rings. The standard InChI is InChI=1S/C17H30N4O2/c1-14-12-20(13-15(2)21(14)9-11-22-4)17(18-3)19-8-7-16-6-5-10-23-16/h5-6,10,14-15H,7-9,11-13H2,1-4H3,(H,18,19). The van der Waals surface area contributed by atoms with E-state index in [1.54, 1.807) is 13.4 Å². The number of furan rings is 1. The molecule has 2 rings (SSSR count). The van der Waals surface area contributed by atoms with Gasteiger partial charge in [0, 0.05) is 58.8 Å². The second kappa shape index (κ2) is 8.93. The largest absolute Gasteiger partial charge is 0.469 e. The summed E-state index contributed by atoms with van der Waals surface area (Å²) in [5.41, 5.74) is 0. The quantitative estimate of drug-likeness (QED) is 0.634. The molecule has 23 heavy (non-hydrogen) atoms. The topological polar surface area (TPSA) is 53.2 Å².